The van der Waals surface area contributed by atoms with Gasteiger partial charge in [0.1, 0.15) is 0 Å². The van der Waals surface area contributed by atoms with Crippen LogP contribution < -0.4 is 0 Å². The molecule has 4 heteroatoms. The van der Waals surface area contributed by atoms with Crippen LogP contribution in [0.5, 0.6) is 0 Å². The van der Waals surface area contributed by atoms with E-state index in [1.807, 2.05) is 0 Å². The zero-order valence-corrected chi connectivity index (χ0v) is 4.05. The second-order valence-electron chi connectivity index (χ2n) is 0.644. The maximum atomic E-state index is 9.25. The van der Waals surface area contributed by atoms with Crippen molar-refractivity contribution in [3.63, 3.8) is 0 Å². The van der Waals surface area contributed by atoms with Gasteiger partial charge in [-0.15, -0.1) is 0 Å². The molecular weight excluding hydrogens is 110 g/mol. The van der Waals surface area contributed by atoms with Crippen LogP contribution >= 0.6 is 0 Å². The van der Waals surface area contributed by atoms with Gasteiger partial charge in [0.05, 0.1) is 0 Å². The van der Waals surface area contributed by atoms with Crippen molar-refractivity contribution in [2.24, 2.45) is 0 Å². The number of carbonyl (C=O) groups is 1. The van der Waals surface area contributed by atoms with Gasteiger partial charge in [-0.3, -0.25) is 0 Å². The maximum Gasteiger partial charge on any atom is 0.327 e. The Hall–Kier alpha value is -1.41. The Morgan fingerprint density at radius 3 is 2.00 bits per heavy atom. The van der Waals surface area contributed by atoms with Crippen LogP contribution in [0.2, 0.25) is 0 Å². The molecule has 0 aromatic heterocycles. The Morgan fingerprint density at radius 1 is 1.88 bits per heavy atom. The summed E-state index contributed by atoms with van der Waals surface area (Å²) in [6, 6.07) is 0. The van der Waals surface area contributed by atoms with Gasteiger partial charge in [-0.1, -0.05) is 6.58 Å². The minimum atomic E-state index is -0.981. The smallest absolute Gasteiger partial charge is 0.327 e. The van der Waals surface area contributed by atoms with Crippen molar-refractivity contribution >= 4 is 12.0 Å². The molecule has 0 amide bonds. The van der Waals surface area contributed by atoms with Crippen LogP contribution in [-0.4, -0.2) is 17.2 Å². The number of aliphatic carboxylic acids is 1. The normalized spacial score (nSPS) is 5.00. The Morgan fingerprint density at radius 2 is 2.00 bits per heavy atom. The number of carboxylic acid groups (broad SMARTS) is 1. The van der Waals surface area contributed by atoms with Crippen LogP contribution in [0, 0.1) is 5.41 Å². The Labute approximate surface area is 46.0 Å². The van der Waals surface area contributed by atoms with Crippen molar-refractivity contribution in [3.8, 4) is 0 Å². The molecule has 44 valence electrons. The van der Waals surface area contributed by atoms with Crippen LogP contribution in [0.4, 0.5) is 0 Å². The molecule has 0 aromatic rings. The van der Waals surface area contributed by atoms with Gasteiger partial charge in [-0.25, -0.2) is 15.0 Å². The van der Waals surface area contributed by atoms with E-state index in [0.717, 1.165) is 12.2 Å². The molecule has 0 aliphatic heterocycles. The zero-order valence-electron chi connectivity index (χ0n) is 4.05. The molecule has 0 fully saturated rings. The molecule has 0 heterocycles. The van der Waals surface area contributed by atoms with Gasteiger partial charge in [0, 0.05) is 6.08 Å². The van der Waals surface area contributed by atoms with Gasteiger partial charge in [-0.2, -0.15) is 0 Å². The quantitative estimate of drug-likeness (QED) is 0.290. The number of rotatable bonds is 1. The molecule has 0 saturated carbocycles. The third kappa shape index (κ3) is 170. The summed E-state index contributed by atoms with van der Waals surface area (Å²) >= 11 is 0. The fourth-order valence-corrected chi connectivity index (χ4v) is 0. The van der Waals surface area contributed by atoms with Crippen molar-refractivity contribution in [2.75, 3.05) is 0 Å². The first-order valence-electron chi connectivity index (χ1n) is 1.58. The highest BCUT2D eigenvalue weighted by atomic mass is 16.4. The van der Waals surface area contributed by atoms with Crippen LogP contribution in [0.25, 0.3) is 0 Å². The van der Waals surface area contributed by atoms with E-state index in [2.05, 4.69) is 6.58 Å². The summed E-state index contributed by atoms with van der Waals surface area (Å²) in [7, 11) is 0. The highest BCUT2D eigenvalue weighted by Gasteiger charge is 1.73. The summed E-state index contributed by atoms with van der Waals surface area (Å²) in [5.74, 6) is -0.981. The van der Waals surface area contributed by atoms with E-state index in [-0.39, 0.29) is 0 Å². The fourth-order valence-electron chi connectivity index (χ4n) is 0. The minimum absolute atomic E-state index is 0.750. The standard InChI is InChI=1S/C3H4O2.CHNO/c1-2-3(4)5;2-1-3/h2H,1H2,(H,4,5);2H. The SMILES string of the molecule is C=CC(=O)O.N=C=O. The zero-order chi connectivity index (χ0) is 6.99. The van der Waals surface area contributed by atoms with E-state index < -0.39 is 5.97 Å². The first-order valence-corrected chi connectivity index (χ1v) is 1.58. The number of hydrogen-bond acceptors (Lipinski definition) is 3. The lowest BCUT2D eigenvalue weighted by molar-refractivity contribution is -0.131. The molecule has 0 aromatic carbocycles. The van der Waals surface area contributed by atoms with E-state index in [1.165, 1.54) is 0 Å². The van der Waals surface area contributed by atoms with Crippen LogP contribution in [0.15, 0.2) is 12.7 Å². The summed E-state index contributed by atoms with van der Waals surface area (Å²) in [5.41, 5.74) is 0. The Kier molecular flexibility index (Phi) is 11.2. The first-order chi connectivity index (χ1) is 3.68. The molecule has 0 unspecified atom stereocenters. The Balaban J connectivity index is 0. The summed E-state index contributed by atoms with van der Waals surface area (Å²) in [4.78, 5) is 17.6. The molecule has 0 rings (SSSR count). The second kappa shape index (κ2) is 9.14. The van der Waals surface area contributed by atoms with Crippen LogP contribution in [0.3, 0.4) is 0 Å². The van der Waals surface area contributed by atoms with Crippen molar-refractivity contribution in [1.82, 2.24) is 0 Å². The highest BCUT2D eigenvalue weighted by Crippen LogP contribution is 1.54. The molecule has 0 radical (unpaired) electrons. The Bertz CT molecular complexity index is 112. The van der Waals surface area contributed by atoms with Crippen molar-refractivity contribution in [3.05, 3.63) is 12.7 Å². The molecule has 0 saturated heterocycles. The third-order valence-corrected chi connectivity index (χ3v) is 0.175. The molecule has 0 atom stereocenters. The molecule has 0 spiro atoms. The van der Waals surface area contributed by atoms with Crippen molar-refractivity contribution < 1.29 is 14.7 Å². The topological polar surface area (TPSA) is 78.2 Å². The van der Waals surface area contributed by atoms with Gasteiger partial charge < -0.3 is 5.11 Å². The minimum Gasteiger partial charge on any atom is -0.478 e. The summed E-state index contributed by atoms with van der Waals surface area (Å²) in [5, 5.41) is 13.0. The second-order valence-corrected chi connectivity index (χ2v) is 0.644. The molecule has 4 nitrogen and oxygen atoms in total. The lowest BCUT2D eigenvalue weighted by Gasteiger charge is -1.64. The first kappa shape index (κ1) is 9.77. The number of hydrogen-bond donors (Lipinski definition) is 2. The monoisotopic (exact) mass is 115 g/mol. The molecular formula is C4H5NO3. The predicted molar refractivity (Wildman–Crippen MR) is 26.2 cm³/mol. The number of carboxylic acids is 1. The van der Waals surface area contributed by atoms with E-state index in [9.17, 15) is 4.79 Å². The van der Waals surface area contributed by atoms with E-state index in [0.29, 0.717) is 0 Å². The lowest BCUT2D eigenvalue weighted by atomic mass is 10.7. The molecule has 0 aliphatic carbocycles. The maximum absolute atomic E-state index is 9.25. The average Bonchev–Trinajstić information content (AvgIpc) is 1.69. The summed E-state index contributed by atoms with van der Waals surface area (Å²) in [6.45, 7) is 2.96. The van der Waals surface area contributed by atoms with Gasteiger partial charge in [0.25, 0.3) is 0 Å². The van der Waals surface area contributed by atoms with Crippen molar-refractivity contribution in [2.45, 2.75) is 0 Å². The lowest BCUT2D eigenvalue weighted by Crippen LogP contribution is -1.82. The predicted octanol–water partition coefficient (Wildman–Crippen LogP) is 0.158. The third-order valence-electron chi connectivity index (χ3n) is 0.175. The molecule has 2 N–H and O–H groups in total. The van der Waals surface area contributed by atoms with E-state index in [1.54, 1.807) is 0 Å². The van der Waals surface area contributed by atoms with Gasteiger partial charge in [-0.05, 0) is 0 Å². The van der Waals surface area contributed by atoms with E-state index >= 15 is 0 Å². The molecule has 8 heavy (non-hydrogen) atoms. The number of carbonyl (C=O) groups excluding carboxylic acids is 1. The average molecular weight is 115 g/mol. The van der Waals surface area contributed by atoms with Gasteiger partial charge >= 0.3 is 5.97 Å². The van der Waals surface area contributed by atoms with Gasteiger partial charge in [0.15, 0.2) is 0 Å². The van der Waals surface area contributed by atoms with Crippen LogP contribution in [-0.2, 0) is 9.59 Å². The molecule has 0 bridgehead atoms. The summed E-state index contributed by atoms with van der Waals surface area (Å²) in [6.07, 6.45) is 1.58. The van der Waals surface area contributed by atoms with Crippen molar-refractivity contribution in [1.29, 1.82) is 5.41 Å². The number of nitrogens with one attached hydrogen (secondary N) is 1. The molecule has 0 aliphatic rings. The largest absolute Gasteiger partial charge is 0.478 e. The fraction of sp³-hybridized carbons (Fsp3) is 0. The van der Waals surface area contributed by atoms with Gasteiger partial charge in [0.2, 0.25) is 6.08 Å². The van der Waals surface area contributed by atoms with Crippen LogP contribution in [0.1, 0.15) is 0 Å². The summed E-state index contributed by atoms with van der Waals surface area (Å²) < 4.78 is 0. The number of isocyanates is 1. The van der Waals surface area contributed by atoms with E-state index in [4.69, 9.17) is 15.3 Å². The highest BCUT2D eigenvalue weighted by molar-refractivity contribution is 5.78.